The molecule has 1 atom stereocenters. The number of nitrogens with zero attached hydrogens (tertiary/aromatic N) is 3. The first-order chi connectivity index (χ1) is 24.3. The molecule has 2 aromatic carbocycles. The lowest BCUT2D eigenvalue weighted by Crippen LogP contribution is -2.43. The van der Waals surface area contributed by atoms with Crippen LogP contribution in [0.1, 0.15) is 35.6 Å². The molecule has 17 heteroatoms. The molecule has 0 radical (unpaired) electrons. The average molecular weight is 775 g/mol. The zero-order chi connectivity index (χ0) is 36.7. The van der Waals surface area contributed by atoms with Crippen LogP contribution in [0, 0.1) is 11.1 Å². The number of benzene rings is 2. The largest absolute Gasteiger partial charge is 0.619 e. The molecule has 1 aromatic heterocycles. The maximum atomic E-state index is 13.6. The summed E-state index contributed by atoms with van der Waals surface area (Å²) >= 11 is 12.8. The molecule has 2 heterocycles. The Kier molecular flexibility index (Phi) is 13.1. The average Bonchev–Trinajstić information content (AvgIpc) is 3.90. The second kappa shape index (κ2) is 17.3. The summed E-state index contributed by atoms with van der Waals surface area (Å²) in [5.41, 5.74) is 1.37. The topological polar surface area (TPSA) is 131 Å². The zero-order valence-corrected chi connectivity index (χ0v) is 30.4. The van der Waals surface area contributed by atoms with Crippen molar-refractivity contribution in [3.05, 3.63) is 80.7 Å². The summed E-state index contributed by atoms with van der Waals surface area (Å²) in [4.78, 5) is 15.7. The van der Waals surface area contributed by atoms with Crippen LogP contribution in [0.4, 0.5) is 14.5 Å². The van der Waals surface area contributed by atoms with E-state index in [0.717, 1.165) is 31.5 Å². The van der Waals surface area contributed by atoms with E-state index >= 15 is 0 Å². The molecule has 278 valence electrons. The van der Waals surface area contributed by atoms with Crippen molar-refractivity contribution >= 4 is 44.9 Å². The molecule has 51 heavy (non-hydrogen) atoms. The molecule has 1 saturated carbocycles. The van der Waals surface area contributed by atoms with Crippen LogP contribution in [0.25, 0.3) is 0 Å². The Hall–Kier alpha value is -3.63. The Labute approximate surface area is 305 Å². The molecular weight excluding hydrogens is 735 g/mol. The molecule has 0 spiro atoms. The van der Waals surface area contributed by atoms with Crippen molar-refractivity contribution in [1.29, 1.82) is 0 Å². The summed E-state index contributed by atoms with van der Waals surface area (Å²) in [6.07, 6.45) is 3.80. The number of carbonyl (C=O) groups is 1. The third-order valence-electron chi connectivity index (χ3n) is 8.43. The zero-order valence-electron chi connectivity index (χ0n) is 28.1. The van der Waals surface area contributed by atoms with Gasteiger partial charge in [0.15, 0.2) is 23.9 Å². The van der Waals surface area contributed by atoms with Crippen molar-refractivity contribution in [2.24, 2.45) is 5.92 Å². The molecule has 1 aliphatic carbocycles. The second-order valence-electron chi connectivity index (χ2n) is 12.3. The fourth-order valence-corrected chi connectivity index (χ4v) is 7.10. The Morgan fingerprint density at radius 3 is 2.39 bits per heavy atom. The van der Waals surface area contributed by atoms with E-state index in [1.807, 2.05) is 0 Å². The summed E-state index contributed by atoms with van der Waals surface area (Å²) < 4.78 is 81.5. The number of morpholine rings is 1. The van der Waals surface area contributed by atoms with Gasteiger partial charge in [-0.25, -0.2) is 8.42 Å². The lowest BCUT2D eigenvalue weighted by Gasteiger charge is -2.30. The fraction of sp³-hybridized carbons (Fsp3) is 0.471. The van der Waals surface area contributed by atoms with Crippen LogP contribution in [-0.2, 0) is 37.1 Å². The number of hydrogen-bond donors (Lipinski definition) is 0. The molecule has 0 amide bonds. The van der Waals surface area contributed by atoms with Gasteiger partial charge in [-0.2, -0.15) is 13.5 Å². The first-order valence-electron chi connectivity index (χ1n) is 16.2. The normalized spacial score (nSPS) is 15.7. The highest BCUT2D eigenvalue weighted by Crippen LogP contribution is 2.38. The summed E-state index contributed by atoms with van der Waals surface area (Å²) in [5, 5.41) is 12.0. The minimum Gasteiger partial charge on any atom is -0.619 e. The molecule has 0 bridgehead atoms. The summed E-state index contributed by atoms with van der Waals surface area (Å²) in [5.74, 6) is -0.245. The number of pyridine rings is 1. The van der Waals surface area contributed by atoms with Crippen LogP contribution in [0.5, 0.6) is 17.2 Å². The number of sulfonamides is 1. The molecular formula is C34H39Cl2F2N3O9S. The van der Waals surface area contributed by atoms with E-state index in [2.05, 4.69) is 9.64 Å². The van der Waals surface area contributed by atoms with Gasteiger partial charge in [0.1, 0.15) is 21.9 Å². The van der Waals surface area contributed by atoms with Crippen LogP contribution >= 0.6 is 23.2 Å². The van der Waals surface area contributed by atoms with Crippen molar-refractivity contribution in [2.45, 2.75) is 38.4 Å². The molecule has 1 aliphatic heterocycles. The van der Waals surface area contributed by atoms with Crippen molar-refractivity contribution in [3.63, 3.8) is 0 Å². The second-order valence-corrected chi connectivity index (χ2v) is 15.0. The van der Waals surface area contributed by atoms with E-state index in [9.17, 15) is 27.2 Å². The highest BCUT2D eigenvalue weighted by atomic mass is 35.5. The molecule has 3 aromatic rings. The van der Waals surface area contributed by atoms with E-state index < -0.39 is 28.7 Å². The van der Waals surface area contributed by atoms with Gasteiger partial charge in [-0.1, -0.05) is 35.3 Å². The van der Waals surface area contributed by atoms with Crippen LogP contribution < -0.4 is 23.2 Å². The summed E-state index contributed by atoms with van der Waals surface area (Å²) in [6.45, 7) is 0.268. The monoisotopic (exact) mass is 773 g/mol. The first kappa shape index (κ1) is 38.6. The van der Waals surface area contributed by atoms with Crippen molar-refractivity contribution in [3.8, 4) is 17.2 Å². The van der Waals surface area contributed by atoms with Crippen LogP contribution in [-0.4, -0.2) is 85.3 Å². The molecule has 2 aliphatic rings. The summed E-state index contributed by atoms with van der Waals surface area (Å²) in [7, 11) is -2.33. The summed E-state index contributed by atoms with van der Waals surface area (Å²) in [6, 6.07) is 8.99. The van der Waals surface area contributed by atoms with Crippen LogP contribution in [0.3, 0.4) is 0 Å². The highest BCUT2D eigenvalue weighted by molar-refractivity contribution is 7.92. The number of halogens is 4. The van der Waals surface area contributed by atoms with Gasteiger partial charge in [-0.3, -0.25) is 14.0 Å². The Bertz CT molecular complexity index is 1770. The Morgan fingerprint density at radius 2 is 1.76 bits per heavy atom. The van der Waals surface area contributed by atoms with E-state index in [0.29, 0.717) is 72.5 Å². The van der Waals surface area contributed by atoms with Gasteiger partial charge < -0.3 is 28.9 Å². The molecule has 1 saturated heterocycles. The molecule has 0 N–H and O–H groups in total. The SMILES string of the molecule is COc1ccc(CC(=O)O[C@@H](Cc2c(Cl)c[n+]([O-])cc2Cl)c2ccc(OC(F)F)c(OCC3CC3)c2)cc1N(CCN1CCOCC1)S(C)(=O)=O. The lowest BCUT2D eigenvalue weighted by molar-refractivity contribution is -0.605. The third-order valence-corrected chi connectivity index (χ3v) is 10.3. The Balaban J connectivity index is 1.42. The first-order valence-corrected chi connectivity index (χ1v) is 18.8. The highest BCUT2D eigenvalue weighted by Gasteiger charge is 2.28. The van der Waals surface area contributed by atoms with Gasteiger partial charge in [0, 0.05) is 38.2 Å². The van der Waals surface area contributed by atoms with Gasteiger partial charge in [0.05, 0.1) is 45.3 Å². The van der Waals surface area contributed by atoms with Crippen molar-refractivity contribution < 1.29 is 50.4 Å². The Morgan fingerprint density at radius 1 is 1.08 bits per heavy atom. The van der Waals surface area contributed by atoms with Gasteiger partial charge in [-0.15, -0.1) is 0 Å². The smallest absolute Gasteiger partial charge is 0.387 e. The number of methoxy groups -OCH3 is 1. The van der Waals surface area contributed by atoms with Crippen molar-refractivity contribution in [2.75, 3.05) is 63.7 Å². The van der Waals surface area contributed by atoms with E-state index in [1.54, 1.807) is 18.2 Å². The molecule has 5 rings (SSSR count). The fourth-order valence-electron chi connectivity index (χ4n) is 5.59. The number of rotatable bonds is 17. The number of carbonyl (C=O) groups excluding carboxylic acids is 1. The maximum absolute atomic E-state index is 13.6. The maximum Gasteiger partial charge on any atom is 0.387 e. The van der Waals surface area contributed by atoms with Crippen LogP contribution in [0.2, 0.25) is 10.0 Å². The molecule has 0 unspecified atom stereocenters. The minimum atomic E-state index is -3.76. The predicted molar refractivity (Wildman–Crippen MR) is 185 cm³/mol. The lowest BCUT2D eigenvalue weighted by atomic mass is 10.0. The number of aromatic nitrogens is 1. The molecule has 12 nitrogen and oxygen atoms in total. The quantitative estimate of drug-likeness (QED) is 0.103. The number of esters is 1. The third kappa shape index (κ3) is 10.9. The van der Waals surface area contributed by atoms with Gasteiger partial charge in [0.25, 0.3) is 0 Å². The van der Waals surface area contributed by atoms with E-state index in [-0.39, 0.29) is 46.6 Å². The number of anilines is 1. The predicted octanol–water partition coefficient (Wildman–Crippen LogP) is 5.19. The minimum absolute atomic E-state index is 0.0270. The number of hydrogen-bond acceptors (Lipinski definition) is 10. The van der Waals surface area contributed by atoms with Gasteiger partial charge >= 0.3 is 12.6 Å². The van der Waals surface area contributed by atoms with Gasteiger partial charge in [0.2, 0.25) is 10.0 Å². The van der Waals surface area contributed by atoms with E-state index in [4.69, 9.17) is 42.1 Å². The van der Waals surface area contributed by atoms with Crippen LogP contribution in [0.15, 0.2) is 48.8 Å². The van der Waals surface area contributed by atoms with E-state index in [1.165, 1.54) is 29.6 Å². The standard InChI is InChI=1S/C34H39Cl2F2N3O9S/c1-46-29-7-5-23(15-28(29)41(51(2,44)45)10-9-39-11-13-47-14-12-39)16-33(42)49-31(18-25-26(35)19-40(43)20-27(25)36)24-6-8-30(50-34(37)38)32(17-24)48-21-22-3-4-22/h5-8,15,17,19-20,22,31,34H,3-4,9-14,16,18,21H2,1-2H3/t31-/m0/s1. The van der Waals surface area contributed by atoms with Crippen molar-refractivity contribution in [1.82, 2.24) is 4.90 Å². The van der Waals surface area contributed by atoms with Gasteiger partial charge in [-0.05, 0) is 54.2 Å². The molecule has 2 fully saturated rings. The number of alkyl halides is 2. The number of ether oxygens (including phenoxy) is 5.